The Morgan fingerprint density at radius 2 is 2.04 bits per heavy atom. The van der Waals surface area contributed by atoms with E-state index in [1.54, 1.807) is 18.2 Å². The summed E-state index contributed by atoms with van der Waals surface area (Å²) in [6.45, 7) is 2.57. The highest BCUT2D eigenvalue weighted by Crippen LogP contribution is 2.31. The zero-order chi connectivity index (χ0) is 19.2. The molecular weight excluding hydrogens is 360 g/mol. The van der Waals surface area contributed by atoms with Gasteiger partial charge in [0.05, 0.1) is 25.0 Å². The normalized spacial score (nSPS) is 11.1. The molecule has 5 nitrogen and oxygen atoms in total. The number of benzene rings is 2. The molecule has 1 aromatic heterocycles. The molecule has 0 bridgehead atoms. The molecule has 27 heavy (non-hydrogen) atoms. The summed E-state index contributed by atoms with van der Waals surface area (Å²) in [6.07, 6.45) is 1.72. The zero-order valence-electron chi connectivity index (χ0n) is 15.0. The summed E-state index contributed by atoms with van der Waals surface area (Å²) in [4.78, 5) is 4.59. The molecule has 0 fully saturated rings. The van der Waals surface area contributed by atoms with Gasteiger partial charge in [0.1, 0.15) is 16.8 Å². The summed E-state index contributed by atoms with van der Waals surface area (Å²) in [5.41, 5.74) is 2.97. The largest absolute Gasteiger partial charge is 0.504 e. The highest BCUT2D eigenvalue weighted by Gasteiger charge is 2.10. The Bertz CT molecular complexity index is 1000. The first kappa shape index (κ1) is 18.5. The van der Waals surface area contributed by atoms with Crippen LogP contribution < -0.4 is 9.47 Å². The summed E-state index contributed by atoms with van der Waals surface area (Å²) in [6, 6.07) is 14.8. The van der Waals surface area contributed by atoms with Gasteiger partial charge in [0.2, 0.25) is 0 Å². The van der Waals surface area contributed by atoms with Crippen LogP contribution in [0, 0.1) is 11.3 Å². The van der Waals surface area contributed by atoms with Gasteiger partial charge < -0.3 is 14.6 Å². The number of aromatic hydroxyl groups is 1. The lowest BCUT2D eigenvalue weighted by molar-refractivity contribution is 0.340. The molecule has 6 heteroatoms. The second kappa shape index (κ2) is 8.39. The molecule has 3 aromatic rings. The van der Waals surface area contributed by atoms with Gasteiger partial charge in [0.25, 0.3) is 0 Å². The lowest BCUT2D eigenvalue weighted by Crippen LogP contribution is -1.90. The SMILES string of the molecule is CCOc1ccc(-c2csc(/C(C#N)=C/c3ccc(O)c(OC)c3)n2)cc1. The van der Waals surface area contributed by atoms with Crippen molar-refractivity contribution in [3.8, 4) is 34.6 Å². The van der Waals surface area contributed by atoms with Crippen LogP contribution in [0.15, 0.2) is 47.8 Å². The third-order valence-corrected chi connectivity index (χ3v) is 4.71. The van der Waals surface area contributed by atoms with Crippen molar-refractivity contribution in [1.29, 1.82) is 5.26 Å². The molecule has 3 rings (SSSR count). The molecule has 0 unspecified atom stereocenters. The van der Waals surface area contributed by atoms with E-state index in [1.165, 1.54) is 24.5 Å². The molecule has 0 amide bonds. The Morgan fingerprint density at radius 1 is 1.26 bits per heavy atom. The topological polar surface area (TPSA) is 75.4 Å². The van der Waals surface area contributed by atoms with E-state index >= 15 is 0 Å². The second-order valence-corrected chi connectivity index (χ2v) is 6.45. The van der Waals surface area contributed by atoms with E-state index in [0.29, 0.717) is 22.9 Å². The van der Waals surface area contributed by atoms with Crippen molar-refractivity contribution in [1.82, 2.24) is 4.98 Å². The van der Waals surface area contributed by atoms with Crippen molar-refractivity contribution < 1.29 is 14.6 Å². The number of ether oxygens (including phenoxy) is 2. The van der Waals surface area contributed by atoms with Crippen LogP contribution >= 0.6 is 11.3 Å². The smallest absolute Gasteiger partial charge is 0.161 e. The van der Waals surface area contributed by atoms with Crippen LogP contribution in [0.3, 0.4) is 0 Å². The third-order valence-electron chi connectivity index (χ3n) is 3.83. The van der Waals surface area contributed by atoms with Crippen molar-refractivity contribution in [2.45, 2.75) is 6.92 Å². The first-order valence-corrected chi connectivity index (χ1v) is 9.20. The van der Waals surface area contributed by atoms with Gasteiger partial charge >= 0.3 is 0 Å². The van der Waals surface area contributed by atoms with Gasteiger partial charge in [-0.25, -0.2) is 4.98 Å². The van der Waals surface area contributed by atoms with Crippen molar-refractivity contribution in [2.24, 2.45) is 0 Å². The molecule has 0 radical (unpaired) electrons. The lowest BCUT2D eigenvalue weighted by Gasteiger charge is -2.04. The quantitative estimate of drug-likeness (QED) is 0.612. The summed E-state index contributed by atoms with van der Waals surface area (Å²) < 4.78 is 10.6. The Balaban J connectivity index is 1.88. The van der Waals surface area contributed by atoms with Gasteiger partial charge in [-0.15, -0.1) is 11.3 Å². The Morgan fingerprint density at radius 3 is 2.70 bits per heavy atom. The van der Waals surface area contributed by atoms with E-state index in [0.717, 1.165) is 22.6 Å². The van der Waals surface area contributed by atoms with E-state index < -0.39 is 0 Å². The molecule has 0 aliphatic carbocycles. The predicted molar refractivity (Wildman–Crippen MR) is 107 cm³/mol. The highest BCUT2D eigenvalue weighted by atomic mass is 32.1. The average molecular weight is 378 g/mol. The summed E-state index contributed by atoms with van der Waals surface area (Å²) in [7, 11) is 1.48. The van der Waals surface area contributed by atoms with Crippen LogP contribution in [0.1, 0.15) is 17.5 Å². The van der Waals surface area contributed by atoms with Crippen molar-refractivity contribution in [3.63, 3.8) is 0 Å². The fraction of sp³-hybridized carbons (Fsp3) is 0.143. The highest BCUT2D eigenvalue weighted by molar-refractivity contribution is 7.11. The fourth-order valence-electron chi connectivity index (χ4n) is 2.51. The molecular formula is C21H18N2O3S. The van der Waals surface area contributed by atoms with Gasteiger partial charge in [-0.05, 0) is 55.0 Å². The number of nitriles is 1. The van der Waals surface area contributed by atoms with Crippen LogP contribution in [-0.2, 0) is 0 Å². The van der Waals surface area contributed by atoms with Crippen molar-refractivity contribution in [3.05, 3.63) is 58.4 Å². The van der Waals surface area contributed by atoms with Gasteiger partial charge in [-0.2, -0.15) is 5.26 Å². The predicted octanol–water partition coefficient (Wildman–Crippen LogP) is 4.99. The number of methoxy groups -OCH3 is 1. The summed E-state index contributed by atoms with van der Waals surface area (Å²) in [5, 5.41) is 21.8. The average Bonchev–Trinajstić information content (AvgIpc) is 3.18. The number of aromatic nitrogens is 1. The maximum atomic E-state index is 9.70. The standard InChI is InChI=1S/C21H18N2O3S/c1-3-26-17-7-5-15(6-8-17)18-13-27-21(23-18)16(12-22)10-14-4-9-19(24)20(11-14)25-2/h4-11,13,24H,3H2,1-2H3/b16-10+. The van der Waals surface area contributed by atoms with E-state index in [4.69, 9.17) is 9.47 Å². The minimum absolute atomic E-state index is 0.0557. The molecule has 0 aliphatic rings. The molecule has 1 heterocycles. The minimum atomic E-state index is 0.0557. The van der Waals surface area contributed by atoms with Gasteiger partial charge in [0, 0.05) is 10.9 Å². The summed E-state index contributed by atoms with van der Waals surface area (Å²) in [5.74, 6) is 1.23. The number of hydrogen-bond acceptors (Lipinski definition) is 6. The molecule has 136 valence electrons. The van der Waals surface area contributed by atoms with Crippen molar-refractivity contribution in [2.75, 3.05) is 13.7 Å². The number of thiazole rings is 1. The number of phenols is 1. The molecule has 0 spiro atoms. The van der Waals surface area contributed by atoms with E-state index in [9.17, 15) is 10.4 Å². The minimum Gasteiger partial charge on any atom is -0.504 e. The van der Waals surface area contributed by atoms with Crippen LogP contribution in [-0.4, -0.2) is 23.8 Å². The third kappa shape index (κ3) is 4.27. The maximum absolute atomic E-state index is 9.70. The molecule has 0 saturated heterocycles. The lowest BCUT2D eigenvalue weighted by atomic mass is 10.1. The fourth-order valence-corrected chi connectivity index (χ4v) is 3.31. The molecule has 0 aliphatic heterocycles. The molecule has 1 N–H and O–H groups in total. The van der Waals surface area contributed by atoms with E-state index in [-0.39, 0.29) is 5.75 Å². The zero-order valence-corrected chi connectivity index (χ0v) is 15.8. The number of phenolic OH excluding ortho intramolecular Hbond substituents is 1. The van der Waals surface area contributed by atoms with Crippen LogP contribution in [0.2, 0.25) is 0 Å². The van der Waals surface area contributed by atoms with Crippen LogP contribution in [0.5, 0.6) is 17.2 Å². The van der Waals surface area contributed by atoms with Crippen LogP contribution in [0.4, 0.5) is 0 Å². The molecule has 2 aromatic carbocycles. The monoisotopic (exact) mass is 378 g/mol. The van der Waals surface area contributed by atoms with Gasteiger partial charge in [-0.1, -0.05) is 6.07 Å². The maximum Gasteiger partial charge on any atom is 0.161 e. The van der Waals surface area contributed by atoms with E-state index in [1.807, 2.05) is 36.6 Å². The molecule has 0 saturated carbocycles. The van der Waals surface area contributed by atoms with Gasteiger partial charge in [0.15, 0.2) is 11.5 Å². The Hall–Kier alpha value is -3.30. The number of hydrogen-bond donors (Lipinski definition) is 1. The number of nitrogens with zero attached hydrogens (tertiary/aromatic N) is 2. The first-order chi connectivity index (χ1) is 13.1. The second-order valence-electron chi connectivity index (χ2n) is 5.60. The number of allylic oxidation sites excluding steroid dienone is 1. The van der Waals surface area contributed by atoms with E-state index in [2.05, 4.69) is 11.1 Å². The number of rotatable bonds is 6. The van der Waals surface area contributed by atoms with Gasteiger partial charge in [-0.3, -0.25) is 0 Å². The Labute approximate surface area is 161 Å². The Kier molecular flexibility index (Phi) is 5.74. The van der Waals surface area contributed by atoms with Crippen molar-refractivity contribution >= 4 is 23.0 Å². The first-order valence-electron chi connectivity index (χ1n) is 8.32. The molecule has 0 atom stereocenters. The summed E-state index contributed by atoms with van der Waals surface area (Å²) >= 11 is 1.41. The van der Waals surface area contributed by atoms with Crippen LogP contribution in [0.25, 0.3) is 22.9 Å².